The van der Waals surface area contributed by atoms with Crippen LogP contribution in [0.4, 0.5) is 4.79 Å². The Morgan fingerprint density at radius 1 is 1.23 bits per heavy atom. The third-order valence-corrected chi connectivity index (χ3v) is 2.77. The van der Waals surface area contributed by atoms with Crippen LogP contribution in [0.3, 0.4) is 0 Å². The van der Waals surface area contributed by atoms with E-state index in [1.165, 1.54) is 13.2 Å². The zero-order valence-corrected chi connectivity index (χ0v) is 11.6. The second kappa shape index (κ2) is 6.45. The summed E-state index contributed by atoms with van der Waals surface area (Å²) < 4.78 is 10.5. The number of benzene rings is 1. The predicted molar refractivity (Wildman–Crippen MR) is 77.0 cm³/mol. The van der Waals surface area contributed by atoms with Gasteiger partial charge in [-0.1, -0.05) is 5.92 Å². The SMILES string of the molecule is C#CCOc1cc(OC)ccc1C=C1C(=O)NC(=O)NC1=O. The van der Waals surface area contributed by atoms with Crippen LogP contribution in [0, 0.1) is 12.3 Å². The maximum Gasteiger partial charge on any atom is 0.328 e. The largest absolute Gasteiger partial charge is 0.497 e. The first-order valence-electron chi connectivity index (χ1n) is 6.18. The first-order chi connectivity index (χ1) is 10.5. The maximum absolute atomic E-state index is 11.7. The topological polar surface area (TPSA) is 93.7 Å². The van der Waals surface area contributed by atoms with Crippen molar-refractivity contribution in [2.75, 3.05) is 13.7 Å². The summed E-state index contributed by atoms with van der Waals surface area (Å²) in [6.45, 7) is 0.0141. The number of hydrogen-bond donors (Lipinski definition) is 2. The molecule has 2 N–H and O–H groups in total. The number of carbonyl (C=O) groups excluding carboxylic acids is 3. The van der Waals surface area contributed by atoms with Crippen molar-refractivity contribution in [1.29, 1.82) is 0 Å². The number of methoxy groups -OCH3 is 1. The molecule has 0 spiro atoms. The van der Waals surface area contributed by atoms with E-state index in [4.69, 9.17) is 15.9 Å². The maximum atomic E-state index is 11.7. The van der Waals surface area contributed by atoms with Gasteiger partial charge in [0.15, 0.2) is 0 Å². The van der Waals surface area contributed by atoms with Crippen molar-refractivity contribution in [1.82, 2.24) is 10.6 Å². The molecule has 7 heteroatoms. The van der Waals surface area contributed by atoms with E-state index >= 15 is 0 Å². The molecule has 0 aliphatic carbocycles. The minimum Gasteiger partial charge on any atom is -0.497 e. The van der Waals surface area contributed by atoms with Gasteiger partial charge in [-0.3, -0.25) is 20.2 Å². The molecule has 112 valence electrons. The van der Waals surface area contributed by atoms with Crippen molar-refractivity contribution in [2.45, 2.75) is 0 Å². The molecule has 1 heterocycles. The van der Waals surface area contributed by atoms with Crippen LogP contribution in [0.25, 0.3) is 6.08 Å². The molecular formula is C15H12N2O5. The lowest BCUT2D eigenvalue weighted by atomic mass is 10.1. The third-order valence-electron chi connectivity index (χ3n) is 2.77. The molecule has 0 atom stereocenters. The number of nitrogens with one attached hydrogen (secondary N) is 2. The molecule has 0 aromatic heterocycles. The van der Waals surface area contributed by atoms with Crippen molar-refractivity contribution in [3.8, 4) is 23.8 Å². The highest BCUT2D eigenvalue weighted by atomic mass is 16.5. The van der Waals surface area contributed by atoms with Crippen LogP contribution in [-0.2, 0) is 9.59 Å². The molecule has 4 amide bonds. The molecule has 0 bridgehead atoms. The van der Waals surface area contributed by atoms with E-state index in [1.807, 2.05) is 10.6 Å². The van der Waals surface area contributed by atoms with Gasteiger partial charge in [0.1, 0.15) is 23.7 Å². The second-order valence-electron chi connectivity index (χ2n) is 4.19. The first kappa shape index (κ1) is 15.1. The number of rotatable bonds is 4. The molecule has 1 aliphatic heterocycles. The van der Waals surface area contributed by atoms with Crippen LogP contribution in [0.15, 0.2) is 23.8 Å². The van der Waals surface area contributed by atoms with Gasteiger partial charge in [0.2, 0.25) is 0 Å². The van der Waals surface area contributed by atoms with Crippen molar-refractivity contribution >= 4 is 23.9 Å². The predicted octanol–water partition coefficient (Wildman–Crippen LogP) is 0.457. The number of amides is 4. The molecule has 22 heavy (non-hydrogen) atoms. The Balaban J connectivity index is 2.41. The van der Waals surface area contributed by atoms with Gasteiger partial charge in [-0.2, -0.15) is 0 Å². The standard InChI is InChI=1S/C15H12N2O5/c1-3-6-22-12-8-10(21-2)5-4-9(12)7-11-13(18)16-15(20)17-14(11)19/h1,4-5,7-8H,6H2,2H3,(H2,16,17,18,19,20). The number of ether oxygens (including phenoxy) is 2. The number of terminal acetylenes is 1. The van der Waals surface area contributed by atoms with Crippen molar-refractivity contribution in [3.05, 3.63) is 29.3 Å². The summed E-state index contributed by atoms with van der Waals surface area (Å²) in [5.74, 6) is 1.63. The fraction of sp³-hybridized carbons (Fsp3) is 0.133. The highest BCUT2D eigenvalue weighted by Crippen LogP contribution is 2.27. The van der Waals surface area contributed by atoms with E-state index in [0.717, 1.165) is 0 Å². The monoisotopic (exact) mass is 300 g/mol. The molecule has 1 fully saturated rings. The Bertz CT molecular complexity index is 693. The van der Waals surface area contributed by atoms with Gasteiger partial charge in [0.05, 0.1) is 7.11 Å². The lowest BCUT2D eigenvalue weighted by Crippen LogP contribution is -2.51. The third kappa shape index (κ3) is 3.24. The van der Waals surface area contributed by atoms with Crippen molar-refractivity contribution in [3.63, 3.8) is 0 Å². The summed E-state index contributed by atoms with van der Waals surface area (Å²) in [6.07, 6.45) is 6.46. The Morgan fingerprint density at radius 3 is 2.50 bits per heavy atom. The summed E-state index contributed by atoms with van der Waals surface area (Å²) in [5.41, 5.74) is 0.237. The van der Waals surface area contributed by atoms with Crippen molar-refractivity contribution < 1.29 is 23.9 Å². The molecule has 1 aliphatic rings. The molecule has 0 radical (unpaired) electrons. The van der Waals surface area contributed by atoms with E-state index < -0.39 is 17.8 Å². The minimum absolute atomic E-state index is 0.0141. The Hall–Kier alpha value is -3.27. The minimum atomic E-state index is -0.856. The van der Waals surface area contributed by atoms with Crippen LogP contribution < -0.4 is 20.1 Å². The van der Waals surface area contributed by atoms with E-state index in [9.17, 15) is 14.4 Å². The zero-order chi connectivity index (χ0) is 16.1. The van der Waals surface area contributed by atoms with Gasteiger partial charge in [0, 0.05) is 11.6 Å². The van der Waals surface area contributed by atoms with Gasteiger partial charge in [-0.15, -0.1) is 6.42 Å². The average molecular weight is 300 g/mol. The fourth-order valence-electron chi connectivity index (χ4n) is 1.77. The molecular weight excluding hydrogens is 288 g/mol. The Morgan fingerprint density at radius 2 is 1.91 bits per heavy atom. The number of barbiturate groups is 1. The smallest absolute Gasteiger partial charge is 0.328 e. The molecule has 1 saturated heterocycles. The first-order valence-corrected chi connectivity index (χ1v) is 6.18. The molecule has 7 nitrogen and oxygen atoms in total. The van der Waals surface area contributed by atoms with Crippen LogP contribution in [0.1, 0.15) is 5.56 Å². The van der Waals surface area contributed by atoms with Crippen LogP contribution in [0.2, 0.25) is 0 Å². The lowest BCUT2D eigenvalue weighted by Gasteiger charge is -2.15. The second-order valence-corrected chi connectivity index (χ2v) is 4.19. The van der Waals surface area contributed by atoms with Gasteiger partial charge in [0.25, 0.3) is 11.8 Å². The van der Waals surface area contributed by atoms with Gasteiger partial charge < -0.3 is 9.47 Å². The normalized spacial score (nSPS) is 13.8. The fourth-order valence-corrected chi connectivity index (χ4v) is 1.77. The van der Waals surface area contributed by atoms with Crippen LogP contribution in [0.5, 0.6) is 11.5 Å². The number of hydrogen-bond acceptors (Lipinski definition) is 5. The number of carbonyl (C=O) groups is 3. The van der Waals surface area contributed by atoms with Crippen molar-refractivity contribution in [2.24, 2.45) is 0 Å². The van der Waals surface area contributed by atoms with E-state index in [0.29, 0.717) is 17.1 Å². The van der Waals surface area contributed by atoms with E-state index in [2.05, 4.69) is 5.92 Å². The summed E-state index contributed by atoms with van der Waals surface area (Å²) >= 11 is 0. The Labute approximate surface area is 126 Å². The summed E-state index contributed by atoms with van der Waals surface area (Å²) in [6, 6.07) is 3.96. The molecule has 0 unspecified atom stereocenters. The van der Waals surface area contributed by atoms with Crippen LogP contribution >= 0.6 is 0 Å². The van der Waals surface area contributed by atoms with Gasteiger partial charge >= 0.3 is 6.03 Å². The molecule has 0 saturated carbocycles. The summed E-state index contributed by atoms with van der Waals surface area (Å²) in [4.78, 5) is 34.4. The number of urea groups is 1. The van der Waals surface area contributed by atoms with E-state index in [-0.39, 0.29) is 12.2 Å². The highest BCUT2D eigenvalue weighted by Gasteiger charge is 2.28. The lowest BCUT2D eigenvalue weighted by molar-refractivity contribution is -0.123. The van der Waals surface area contributed by atoms with Crippen LogP contribution in [-0.4, -0.2) is 31.6 Å². The Kier molecular flexibility index (Phi) is 4.44. The highest BCUT2D eigenvalue weighted by molar-refractivity contribution is 6.31. The van der Waals surface area contributed by atoms with Gasteiger partial charge in [-0.05, 0) is 18.2 Å². The van der Waals surface area contributed by atoms with Gasteiger partial charge in [-0.25, -0.2) is 4.79 Å². The summed E-state index contributed by atoms with van der Waals surface area (Å²) in [7, 11) is 1.49. The average Bonchev–Trinajstić information content (AvgIpc) is 2.49. The molecule has 1 aromatic rings. The zero-order valence-electron chi connectivity index (χ0n) is 11.6. The molecule has 2 rings (SSSR count). The quantitative estimate of drug-likeness (QED) is 0.478. The summed E-state index contributed by atoms with van der Waals surface area (Å²) in [5, 5.41) is 3.98. The van der Waals surface area contributed by atoms with E-state index in [1.54, 1.807) is 18.2 Å². The molecule has 1 aromatic carbocycles. The number of imide groups is 2.